The lowest BCUT2D eigenvalue weighted by Crippen LogP contribution is -2.36. The van der Waals surface area contributed by atoms with Gasteiger partial charge in [0.1, 0.15) is 0 Å². The first kappa shape index (κ1) is 15.3. The minimum absolute atomic E-state index is 0.190. The van der Waals surface area contributed by atoms with Crippen molar-refractivity contribution in [3.63, 3.8) is 0 Å². The van der Waals surface area contributed by atoms with Crippen LogP contribution in [-0.2, 0) is 4.79 Å². The number of hydrogen-bond donors (Lipinski definition) is 2. The molecule has 0 spiro atoms. The normalized spacial score (nSPS) is 27.5. The number of rotatable bonds is 3. The summed E-state index contributed by atoms with van der Waals surface area (Å²) in [5, 5.41) is 7.00. The maximum atomic E-state index is 12.9. The number of aromatic amines is 1. The van der Waals surface area contributed by atoms with Crippen LogP contribution in [0.25, 0.3) is 0 Å². The highest BCUT2D eigenvalue weighted by atomic mass is 16.2. The minimum atomic E-state index is 0.190. The first-order chi connectivity index (χ1) is 11.7. The van der Waals surface area contributed by atoms with Crippen LogP contribution in [0.5, 0.6) is 0 Å². The fourth-order valence-corrected chi connectivity index (χ4v) is 4.30. The van der Waals surface area contributed by atoms with Gasteiger partial charge in [0, 0.05) is 43.4 Å². The van der Waals surface area contributed by atoms with Gasteiger partial charge in [-0.25, -0.2) is 0 Å². The average molecular weight is 327 g/mol. The highest BCUT2D eigenvalue weighted by Crippen LogP contribution is 2.35. The molecule has 1 saturated carbocycles. The zero-order chi connectivity index (χ0) is 16.5. The van der Waals surface area contributed by atoms with Gasteiger partial charge in [0.2, 0.25) is 5.91 Å². The van der Waals surface area contributed by atoms with E-state index in [1.165, 1.54) is 0 Å². The Morgan fingerprint density at radius 2 is 1.92 bits per heavy atom. The summed E-state index contributed by atoms with van der Waals surface area (Å²) in [4.78, 5) is 14.9. The van der Waals surface area contributed by atoms with Gasteiger partial charge in [-0.1, -0.05) is 0 Å². The first-order valence-electron chi connectivity index (χ1n) is 8.92. The Balaban J connectivity index is 1.33. The highest BCUT2D eigenvalue weighted by Gasteiger charge is 2.34. The molecular formula is C18H25N5O. The number of aromatic nitrogens is 3. The molecular weight excluding hydrogens is 302 g/mol. The molecule has 24 heavy (non-hydrogen) atoms. The maximum Gasteiger partial charge on any atom is 0.225 e. The Labute approximate surface area is 142 Å². The minimum Gasteiger partial charge on any atom is -0.396 e. The third kappa shape index (κ3) is 2.81. The third-order valence-electron chi connectivity index (χ3n) is 5.70. The van der Waals surface area contributed by atoms with Gasteiger partial charge in [-0.15, -0.1) is 0 Å². The number of carbonyl (C=O) groups excluding carboxylic acids is 1. The summed E-state index contributed by atoms with van der Waals surface area (Å²) in [6.45, 7) is 1.60. The number of hydrogen-bond acceptors (Lipinski definition) is 3. The van der Waals surface area contributed by atoms with Gasteiger partial charge in [-0.2, -0.15) is 5.10 Å². The summed E-state index contributed by atoms with van der Waals surface area (Å²) in [6, 6.07) is 4.70. The molecule has 0 bridgehead atoms. The van der Waals surface area contributed by atoms with Gasteiger partial charge in [-0.05, 0) is 44.2 Å². The molecule has 1 atom stereocenters. The van der Waals surface area contributed by atoms with E-state index in [2.05, 4.69) is 39.3 Å². The molecule has 6 nitrogen and oxygen atoms in total. The van der Waals surface area contributed by atoms with Crippen LogP contribution < -0.4 is 5.73 Å². The van der Waals surface area contributed by atoms with Crippen molar-refractivity contribution in [3.8, 4) is 0 Å². The van der Waals surface area contributed by atoms with Crippen molar-refractivity contribution in [3.05, 3.63) is 36.4 Å². The van der Waals surface area contributed by atoms with E-state index in [4.69, 9.17) is 5.73 Å². The van der Waals surface area contributed by atoms with Crippen LogP contribution in [0.1, 0.15) is 49.8 Å². The predicted molar refractivity (Wildman–Crippen MR) is 92.4 cm³/mol. The number of H-pyrrole nitrogens is 1. The van der Waals surface area contributed by atoms with Crippen LogP contribution in [0.3, 0.4) is 0 Å². The fraction of sp³-hybridized carbons (Fsp3) is 0.556. The van der Waals surface area contributed by atoms with Crippen LogP contribution in [-0.4, -0.2) is 38.7 Å². The monoisotopic (exact) mass is 327 g/mol. The number of amides is 1. The van der Waals surface area contributed by atoms with E-state index in [1.807, 2.05) is 4.90 Å². The maximum absolute atomic E-state index is 12.9. The van der Waals surface area contributed by atoms with Crippen molar-refractivity contribution < 1.29 is 4.79 Å². The zero-order valence-electron chi connectivity index (χ0n) is 13.9. The Hall–Kier alpha value is -2.24. The lowest BCUT2D eigenvalue weighted by Gasteiger charge is -2.31. The van der Waals surface area contributed by atoms with Crippen molar-refractivity contribution in [1.29, 1.82) is 0 Å². The van der Waals surface area contributed by atoms with E-state index in [-0.39, 0.29) is 5.92 Å². The molecule has 2 aromatic heterocycles. The average Bonchev–Trinajstić information content (AvgIpc) is 3.35. The van der Waals surface area contributed by atoms with Gasteiger partial charge in [0.05, 0.1) is 17.6 Å². The van der Waals surface area contributed by atoms with Gasteiger partial charge in [0.25, 0.3) is 0 Å². The van der Waals surface area contributed by atoms with Crippen molar-refractivity contribution in [2.24, 2.45) is 5.92 Å². The summed E-state index contributed by atoms with van der Waals surface area (Å²) >= 11 is 0. The summed E-state index contributed by atoms with van der Waals surface area (Å²) < 4.78 is 2.29. The summed E-state index contributed by atoms with van der Waals surface area (Å²) in [7, 11) is 0. The Morgan fingerprint density at radius 1 is 1.17 bits per heavy atom. The second-order valence-corrected chi connectivity index (χ2v) is 7.14. The Bertz CT molecular complexity index is 684. The summed E-state index contributed by atoms with van der Waals surface area (Å²) in [5.74, 6) is 0.823. The van der Waals surface area contributed by atoms with Crippen molar-refractivity contribution >= 4 is 11.6 Å². The number of nitrogens with zero attached hydrogens (tertiary/aromatic N) is 3. The molecule has 2 aromatic rings. The molecule has 0 aromatic carbocycles. The molecule has 1 aliphatic carbocycles. The summed E-state index contributed by atoms with van der Waals surface area (Å²) in [6.07, 6.45) is 11.1. The molecule has 1 saturated heterocycles. The quantitative estimate of drug-likeness (QED) is 0.909. The first-order valence-corrected chi connectivity index (χ1v) is 8.92. The molecule has 2 fully saturated rings. The van der Waals surface area contributed by atoms with Crippen LogP contribution in [0.15, 0.2) is 30.7 Å². The standard InChI is InChI=1S/C18H25N5O/c19-16-11-20-21-17(16)14-7-10-23(12-14)18(24)13-3-5-15(6-4-13)22-8-1-2-9-22/h1-2,8-9,11,13-15H,3-7,10,12,19H2,(H,20,21). The van der Waals surface area contributed by atoms with E-state index >= 15 is 0 Å². The van der Waals surface area contributed by atoms with Crippen molar-refractivity contribution in [2.75, 3.05) is 18.8 Å². The van der Waals surface area contributed by atoms with Crippen molar-refractivity contribution in [1.82, 2.24) is 19.7 Å². The number of nitrogens with two attached hydrogens (primary N) is 1. The molecule has 0 radical (unpaired) electrons. The molecule has 6 heteroatoms. The number of anilines is 1. The number of nitrogens with one attached hydrogen (secondary N) is 1. The number of nitrogen functional groups attached to an aromatic ring is 1. The molecule has 2 aliphatic rings. The lowest BCUT2D eigenvalue weighted by molar-refractivity contribution is -0.135. The molecule has 1 aliphatic heterocycles. The van der Waals surface area contributed by atoms with Crippen molar-refractivity contribution in [2.45, 2.75) is 44.1 Å². The molecule has 3 heterocycles. The van der Waals surface area contributed by atoms with Crippen LogP contribution in [0.4, 0.5) is 5.69 Å². The Kier molecular flexibility index (Phi) is 4.04. The second kappa shape index (κ2) is 6.34. The molecule has 3 N–H and O–H groups in total. The van der Waals surface area contributed by atoms with Crippen LogP contribution in [0, 0.1) is 5.92 Å². The van der Waals surface area contributed by atoms with Gasteiger partial charge in [0.15, 0.2) is 0 Å². The Morgan fingerprint density at radius 3 is 2.58 bits per heavy atom. The van der Waals surface area contributed by atoms with E-state index in [1.54, 1.807) is 6.20 Å². The largest absolute Gasteiger partial charge is 0.396 e. The highest BCUT2D eigenvalue weighted by molar-refractivity contribution is 5.79. The molecule has 128 valence electrons. The second-order valence-electron chi connectivity index (χ2n) is 7.14. The number of likely N-dealkylation sites (tertiary alicyclic amines) is 1. The van der Waals surface area contributed by atoms with Gasteiger partial charge < -0.3 is 15.2 Å². The van der Waals surface area contributed by atoms with Gasteiger partial charge >= 0.3 is 0 Å². The summed E-state index contributed by atoms with van der Waals surface area (Å²) in [5.41, 5.74) is 7.64. The van der Waals surface area contributed by atoms with E-state index in [0.29, 0.717) is 23.6 Å². The molecule has 1 amide bonds. The lowest BCUT2D eigenvalue weighted by atomic mass is 9.85. The fourth-order valence-electron chi connectivity index (χ4n) is 4.30. The predicted octanol–water partition coefficient (Wildman–Crippen LogP) is 2.54. The van der Waals surface area contributed by atoms with Gasteiger partial charge in [-0.3, -0.25) is 9.89 Å². The zero-order valence-corrected chi connectivity index (χ0v) is 13.9. The van der Waals surface area contributed by atoms with Crippen LogP contribution in [0.2, 0.25) is 0 Å². The van der Waals surface area contributed by atoms with E-state index < -0.39 is 0 Å². The van der Waals surface area contributed by atoms with E-state index in [0.717, 1.165) is 50.9 Å². The SMILES string of the molecule is Nc1cn[nH]c1C1CCN(C(=O)C2CCC(n3cccc3)CC2)C1. The topological polar surface area (TPSA) is 79.9 Å². The molecule has 4 rings (SSSR count). The van der Waals surface area contributed by atoms with E-state index in [9.17, 15) is 4.79 Å². The number of carbonyl (C=O) groups is 1. The smallest absolute Gasteiger partial charge is 0.225 e. The van der Waals surface area contributed by atoms with Crippen LogP contribution >= 0.6 is 0 Å². The third-order valence-corrected chi connectivity index (χ3v) is 5.70. The molecule has 1 unspecified atom stereocenters.